The molecule has 0 fully saturated rings. The summed E-state index contributed by atoms with van der Waals surface area (Å²) in [5, 5.41) is 8.07. The maximum absolute atomic E-state index is 5.81. The van der Waals surface area contributed by atoms with Gasteiger partial charge in [-0.1, -0.05) is 29.5 Å². The number of aryl methyl sites for hydroxylation is 1. The van der Waals surface area contributed by atoms with Gasteiger partial charge in [0.2, 0.25) is 17.1 Å². The minimum atomic E-state index is 0.162. The van der Waals surface area contributed by atoms with Crippen LogP contribution >= 0.6 is 11.8 Å². The zero-order valence-corrected chi connectivity index (χ0v) is 14.7. The highest BCUT2D eigenvalue weighted by atomic mass is 32.2. The van der Waals surface area contributed by atoms with Crippen LogP contribution in [0.1, 0.15) is 11.4 Å². The molecule has 1 aromatic carbocycles. The minimum absolute atomic E-state index is 0.162. The van der Waals surface area contributed by atoms with Crippen LogP contribution in [-0.2, 0) is 5.75 Å². The van der Waals surface area contributed by atoms with Gasteiger partial charge < -0.3 is 11.1 Å². The summed E-state index contributed by atoms with van der Waals surface area (Å²) in [4.78, 5) is 21.2. The first-order valence-electron chi connectivity index (χ1n) is 7.80. The van der Waals surface area contributed by atoms with Crippen molar-refractivity contribution in [3.05, 3.63) is 54.1 Å². The number of anilines is 3. The van der Waals surface area contributed by atoms with Crippen LogP contribution in [0, 0.1) is 6.92 Å². The molecule has 130 valence electrons. The maximum atomic E-state index is 5.81. The van der Waals surface area contributed by atoms with Crippen LogP contribution in [0.3, 0.4) is 0 Å². The van der Waals surface area contributed by atoms with Crippen LogP contribution in [0.15, 0.2) is 47.9 Å². The van der Waals surface area contributed by atoms with Crippen molar-refractivity contribution in [2.24, 2.45) is 0 Å². The van der Waals surface area contributed by atoms with E-state index in [1.165, 1.54) is 17.3 Å². The van der Waals surface area contributed by atoms with E-state index < -0.39 is 0 Å². The Bertz CT molecular complexity index is 1010. The van der Waals surface area contributed by atoms with E-state index in [0.717, 1.165) is 5.69 Å². The van der Waals surface area contributed by atoms with Crippen LogP contribution < -0.4 is 11.1 Å². The van der Waals surface area contributed by atoms with Crippen LogP contribution in [0.5, 0.6) is 0 Å². The topological polar surface area (TPSA) is 120 Å². The second-order valence-electron chi connectivity index (χ2n) is 5.47. The molecule has 0 radical (unpaired) electrons. The Morgan fingerprint density at radius 1 is 1.12 bits per heavy atom. The lowest BCUT2D eigenvalue weighted by Gasteiger charge is -2.07. The fourth-order valence-electron chi connectivity index (χ4n) is 2.23. The number of benzene rings is 1. The third-order valence-corrected chi connectivity index (χ3v) is 4.27. The van der Waals surface area contributed by atoms with Gasteiger partial charge in [-0.25, -0.2) is 9.50 Å². The van der Waals surface area contributed by atoms with Gasteiger partial charge in [-0.2, -0.15) is 19.9 Å². The Labute approximate surface area is 153 Å². The predicted molar refractivity (Wildman–Crippen MR) is 99.0 cm³/mol. The number of nitrogen functional groups attached to an aromatic ring is 1. The fourth-order valence-corrected chi connectivity index (χ4v) is 2.91. The highest BCUT2D eigenvalue weighted by Crippen LogP contribution is 2.20. The summed E-state index contributed by atoms with van der Waals surface area (Å²) >= 11 is 1.41. The first-order chi connectivity index (χ1) is 12.7. The molecule has 9 nitrogen and oxygen atoms in total. The van der Waals surface area contributed by atoms with Gasteiger partial charge in [0.25, 0.3) is 5.78 Å². The molecule has 0 atom stereocenters. The smallest absolute Gasteiger partial charge is 0.253 e. The van der Waals surface area contributed by atoms with E-state index in [4.69, 9.17) is 5.73 Å². The number of rotatable bonds is 5. The summed E-state index contributed by atoms with van der Waals surface area (Å²) in [5.41, 5.74) is 7.87. The molecule has 3 N–H and O–H groups in total. The lowest BCUT2D eigenvalue weighted by Crippen LogP contribution is -2.06. The molecular formula is C16H15N9S. The lowest BCUT2D eigenvalue weighted by molar-refractivity contribution is 0.877. The normalized spacial score (nSPS) is 11.0. The SMILES string of the molecule is Cc1ccc(Nc2nc(N)nc(CSc3nc4ncccn4n3)n2)cc1. The largest absolute Gasteiger partial charge is 0.368 e. The third-order valence-electron chi connectivity index (χ3n) is 3.43. The van der Waals surface area contributed by atoms with Gasteiger partial charge >= 0.3 is 0 Å². The van der Waals surface area contributed by atoms with E-state index in [-0.39, 0.29) is 5.95 Å². The first kappa shape index (κ1) is 16.2. The zero-order valence-electron chi connectivity index (χ0n) is 13.9. The molecule has 4 rings (SSSR count). The van der Waals surface area contributed by atoms with Crippen molar-refractivity contribution < 1.29 is 0 Å². The zero-order chi connectivity index (χ0) is 17.9. The van der Waals surface area contributed by atoms with Crippen molar-refractivity contribution in [3.63, 3.8) is 0 Å². The highest BCUT2D eigenvalue weighted by Gasteiger charge is 2.09. The molecule has 0 spiro atoms. The lowest BCUT2D eigenvalue weighted by atomic mass is 10.2. The molecule has 0 unspecified atom stereocenters. The van der Waals surface area contributed by atoms with Crippen LogP contribution in [0.2, 0.25) is 0 Å². The van der Waals surface area contributed by atoms with E-state index in [0.29, 0.717) is 28.5 Å². The minimum Gasteiger partial charge on any atom is -0.368 e. The number of hydrogen-bond acceptors (Lipinski definition) is 9. The number of nitrogens with one attached hydrogen (secondary N) is 1. The van der Waals surface area contributed by atoms with Gasteiger partial charge in [0.05, 0.1) is 5.75 Å². The summed E-state index contributed by atoms with van der Waals surface area (Å²) < 4.78 is 1.62. The standard InChI is InChI=1S/C16H15N9S/c1-10-3-5-11(6-4-10)19-14-21-12(20-13(17)22-14)9-26-16-23-15-18-7-2-8-25(15)24-16/h2-8H,9H2,1H3,(H3,17,19,20,21,22). The van der Waals surface area contributed by atoms with Crippen molar-refractivity contribution in [2.75, 3.05) is 11.1 Å². The van der Waals surface area contributed by atoms with Gasteiger partial charge in [-0.05, 0) is 25.1 Å². The van der Waals surface area contributed by atoms with Gasteiger partial charge in [-0.15, -0.1) is 5.10 Å². The predicted octanol–water partition coefficient (Wildman–Crippen LogP) is 2.24. The Morgan fingerprint density at radius 2 is 1.96 bits per heavy atom. The number of fused-ring (bicyclic) bond motifs is 1. The second kappa shape index (κ2) is 6.92. The molecule has 4 aromatic rings. The van der Waals surface area contributed by atoms with Crippen LogP contribution in [-0.4, -0.2) is 34.5 Å². The van der Waals surface area contributed by atoms with E-state index >= 15 is 0 Å². The average molecular weight is 365 g/mol. The number of aromatic nitrogens is 7. The number of nitrogens with two attached hydrogens (primary N) is 1. The number of nitrogens with zero attached hydrogens (tertiary/aromatic N) is 7. The molecule has 0 aliphatic heterocycles. The van der Waals surface area contributed by atoms with E-state index in [9.17, 15) is 0 Å². The summed E-state index contributed by atoms with van der Waals surface area (Å²) in [6.45, 7) is 2.03. The summed E-state index contributed by atoms with van der Waals surface area (Å²) in [7, 11) is 0. The van der Waals surface area contributed by atoms with Gasteiger partial charge in [-0.3, -0.25) is 0 Å². The van der Waals surface area contributed by atoms with Gasteiger partial charge in [0.15, 0.2) is 0 Å². The van der Waals surface area contributed by atoms with Gasteiger partial charge in [0, 0.05) is 18.1 Å². The monoisotopic (exact) mass is 365 g/mol. The van der Waals surface area contributed by atoms with Crippen LogP contribution in [0.25, 0.3) is 5.78 Å². The molecule has 0 saturated carbocycles. The Morgan fingerprint density at radius 3 is 2.77 bits per heavy atom. The molecule has 26 heavy (non-hydrogen) atoms. The molecule has 10 heteroatoms. The Hall–Kier alpha value is -3.27. The summed E-state index contributed by atoms with van der Waals surface area (Å²) in [6, 6.07) is 9.72. The number of thioether (sulfide) groups is 1. The Balaban J connectivity index is 1.49. The molecule has 3 heterocycles. The van der Waals surface area contributed by atoms with E-state index in [2.05, 4.69) is 35.3 Å². The molecule has 0 amide bonds. The van der Waals surface area contributed by atoms with E-state index in [1.807, 2.05) is 31.2 Å². The number of hydrogen-bond donors (Lipinski definition) is 2. The highest BCUT2D eigenvalue weighted by molar-refractivity contribution is 7.98. The molecule has 0 bridgehead atoms. The van der Waals surface area contributed by atoms with Crippen molar-refractivity contribution in [1.29, 1.82) is 0 Å². The summed E-state index contributed by atoms with van der Waals surface area (Å²) in [5.74, 6) is 2.12. The van der Waals surface area contributed by atoms with Crippen molar-refractivity contribution in [3.8, 4) is 0 Å². The first-order valence-corrected chi connectivity index (χ1v) is 8.78. The molecule has 0 saturated heterocycles. The molecule has 3 aromatic heterocycles. The maximum Gasteiger partial charge on any atom is 0.253 e. The molecule has 0 aliphatic carbocycles. The fraction of sp³-hybridized carbons (Fsp3) is 0.125. The second-order valence-corrected chi connectivity index (χ2v) is 6.41. The van der Waals surface area contributed by atoms with Crippen molar-refractivity contribution >= 4 is 35.1 Å². The Kier molecular flexibility index (Phi) is 4.32. The van der Waals surface area contributed by atoms with Crippen LogP contribution in [0.4, 0.5) is 17.6 Å². The molecule has 0 aliphatic rings. The molecular weight excluding hydrogens is 350 g/mol. The van der Waals surface area contributed by atoms with E-state index in [1.54, 1.807) is 23.0 Å². The van der Waals surface area contributed by atoms with Crippen molar-refractivity contribution in [1.82, 2.24) is 34.5 Å². The third kappa shape index (κ3) is 3.70. The summed E-state index contributed by atoms with van der Waals surface area (Å²) in [6.07, 6.45) is 3.47. The van der Waals surface area contributed by atoms with Crippen molar-refractivity contribution in [2.45, 2.75) is 17.8 Å². The quantitative estimate of drug-likeness (QED) is 0.513. The van der Waals surface area contributed by atoms with Gasteiger partial charge in [0.1, 0.15) is 5.82 Å². The average Bonchev–Trinajstić information content (AvgIpc) is 3.04.